The molecule has 1 aromatic carbocycles. The lowest BCUT2D eigenvalue weighted by Crippen LogP contribution is -2.05. The average Bonchev–Trinajstić information content (AvgIpc) is 2.86. The zero-order chi connectivity index (χ0) is 14.1. The summed E-state index contributed by atoms with van der Waals surface area (Å²) in [5, 5.41) is 8.35. The van der Waals surface area contributed by atoms with Crippen molar-refractivity contribution in [3.63, 3.8) is 0 Å². The summed E-state index contributed by atoms with van der Waals surface area (Å²) in [6.07, 6.45) is 3.09. The first-order chi connectivity index (χ1) is 9.70. The Labute approximate surface area is 119 Å². The maximum absolute atomic E-state index is 13.8. The van der Waals surface area contributed by atoms with Crippen LogP contribution < -0.4 is 5.32 Å². The van der Waals surface area contributed by atoms with Gasteiger partial charge in [-0.15, -0.1) is 0 Å². The third-order valence-corrected chi connectivity index (χ3v) is 3.39. The maximum Gasteiger partial charge on any atom is 0.163 e. The van der Waals surface area contributed by atoms with E-state index in [9.17, 15) is 4.39 Å². The summed E-state index contributed by atoms with van der Waals surface area (Å²) < 4.78 is 15.4. The van der Waals surface area contributed by atoms with E-state index in [1.807, 2.05) is 0 Å². The van der Waals surface area contributed by atoms with Gasteiger partial charge in [-0.05, 0) is 12.1 Å². The lowest BCUT2D eigenvalue weighted by molar-refractivity contribution is 0.589. The molecule has 0 fully saturated rings. The number of nitrogens with one attached hydrogen (secondary N) is 1. The molecule has 0 aliphatic rings. The van der Waals surface area contributed by atoms with E-state index in [-0.39, 0.29) is 12.4 Å². The number of anilines is 1. The Hall–Kier alpha value is -2.21. The molecular formula is C13H11ClFN5. The van der Waals surface area contributed by atoms with E-state index < -0.39 is 0 Å². The van der Waals surface area contributed by atoms with Gasteiger partial charge in [-0.2, -0.15) is 5.10 Å². The van der Waals surface area contributed by atoms with E-state index in [4.69, 9.17) is 11.6 Å². The van der Waals surface area contributed by atoms with E-state index >= 15 is 0 Å². The van der Waals surface area contributed by atoms with E-state index in [0.29, 0.717) is 22.1 Å². The van der Waals surface area contributed by atoms with Gasteiger partial charge in [-0.1, -0.05) is 17.7 Å². The summed E-state index contributed by atoms with van der Waals surface area (Å²) in [5.41, 5.74) is 1.02. The van der Waals surface area contributed by atoms with Crippen LogP contribution in [0.4, 0.5) is 10.2 Å². The first-order valence-corrected chi connectivity index (χ1v) is 6.35. The quantitative estimate of drug-likeness (QED) is 0.806. The van der Waals surface area contributed by atoms with E-state index in [2.05, 4.69) is 20.4 Å². The van der Waals surface area contributed by atoms with Crippen molar-refractivity contribution in [2.24, 2.45) is 0 Å². The van der Waals surface area contributed by atoms with Crippen molar-refractivity contribution in [2.75, 3.05) is 12.4 Å². The zero-order valence-electron chi connectivity index (χ0n) is 10.6. The Morgan fingerprint density at radius 2 is 2.20 bits per heavy atom. The summed E-state index contributed by atoms with van der Waals surface area (Å²) in [4.78, 5) is 8.29. The van der Waals surface area contributed by atoms with Gasteiger partial charge in [0.15, 0.2) is 5.65 Å². The molecule has 20 heavy (non-hydrogen) atoms. The number of hydrogen-bond donors (Lipinski definition) is 1. The molecule has 5 nitrogen and oxygen atoms in total. The Kier molecular flexibility index (Phi) is 3.23. The molecule has 2 aromatic heterocycles. The van der Waals surface area contributed by atoms with Gasteiger partial charge in [0.1, 0.15) is 18.0 Å². The number of aromatic nitrogens is 4. The fourth-order valence-electron chi connectivity index (χ4n) is 2.04. The topological polar surface area (TPSA) is 55.6 Å². The monoisotopic (exact) mass is 291 g/mol. The molecule has 0 amide bonds. The van der Waals surface area contributed by atoms with Crippen molar-refractivity contribution in [1.29, 1.82) is 0 Å². The van der Waals surface area contributed by atoms with Crippen molar-refractivity contribution in [1.82, 2.24) is 19.7 Å². The van der Waals surface area contributed by atoms with Crippen molar-refractivity contribution in [3.8, 4) is 0 Å². The minimum atomic E-state index is -0.357. The first kappa shape index (κ1) is 12.8. The minimum absolute atomic E-state index is 0.217. The van der Waals surface area contributed by atoms with Crippen molar-refractivity contribution in [2.45, 2.75) is 6.54 Å². The second-order valence-corrected chi connectivity index (χ2v) is 4.62. The molecule has 1 N–H and O–H groups in total. The van der Waals surface area contributed by atoms with E-state index in [1.54, 1.807) is 30.1 Å². The van der Waals surface area contributed by atoms with Crippen LogP contribution in [0.5, 0.6) is 0 Å². The standard InChI is InChI=1S/C13H11ClFN5/c1-16-12-8-5-19-20(13(8)18-7-17-12)6-9-10(14)3-2-4-11(9)15/h2-5,7H,6H2,1H3,(H,16,17,18). The molecule has 0 saturated heterocycles. The number of halogens is 2. The van der Waals surface area contributed by atoms with Crippen molar-refractivity contribution >= 4 is 28.5 Å². The van der Waals surface area contributed by atoms with Crippen LogP contribution in [0.1, 0.15) is 5.56 Å². The number of nitrogens with zero attached hydrogens (tertiary/aromatic N) is 4. The molecule has 0 aliphatic carbocycles. The normalized spacial score (nSPS) is 10.9. The zero-order valence-corrected chi connectivity index (χ0v) is 11.4. The molecule has 0 bridgehead atoms. The fourth-order valence-corrected chi connectivity index (χ4v) is 2.26. The molecule has 0 atom stereocenters. The highest BCUT2D eigenvalue weighted by Crippen LogP contribution is 2.23. The molecule has 102 valence electrons. The third-order valence-electron chi connectivity index (χ3n) is 3.04. The molecule has 0 aliphatic heterocycles. The Morgan fingerprint density at radius 3 is 2.95 bits per heavy atom. The molecule has 3 aromatic rings. The summed E-state index contributed by atoms with van der Waals surface area (Å²) in [6.45, 7) is 0.217. The highest BCUT2D eigenvalue weighted by Gasteiger charge is 2.12. The molecule has 7 heteroatoms. The Balaban J connectivity index is 2.08. The van der Waals surface area contributed by atoms with Crippen LogP contribution in [-0.4, -0.2) is 26.8 Å². The van der Waals surface area contributed by atoms with Crippen LogP contribution in [0.2, 0.25) is 5.02 Å². The SMILES string of the molecule is CNc1ncnc2c1cnn2Cc1c(F)cccc1Cl. The molecular weight excluding hydrogens is 281 g/mol. The third kappa shape index (κ3) is 2.08. The van der Waals surface area contributed by atoms with E-state index in [0.717, 1.165) is 5.39 Å². The second-order valence-electron chi connectivity index (χ2n) is 4.21. The molecule has 0 radical (unpaired) electrons. The highest BCUT2D eigenvalue weighted by atomic mass is 35.5. The van der Waals surface area contributed by atoms with Gasteiger partial charge in [0.25, 0.3) is 0 Å². The number of hydrogen-bond acceptors (Lipinski definition) is 4. The summed E-state index contributed by atoms with van der Waals surface area (Å²) in [7, 11) is 1.77. The smallest absolute Gasteiger partial charge is 0.163 e. The Bertz CT molecular complexity index is 750. The van der Waals surface area contributed by atoms with Crippen LogP contribution in [0.25, 0.3) is 11.0 Å². The average molecular weight is 292 g/mol. The van der Waals surface area contributed by atoms with Crippen LogP contribution in [0.3, 0.4) is 0 Å². The van der Waals surface area contributed by atoms with Gasteiger partial charge >= 0.3 is 0 Å². The number of rotatable bonds is 3. The molecule has 2 heterocycles. The largest absolute Gasteiger partial charge is 0.372 e. The Morgan fingerprint density at radius 1 is 1.35 bits per heavy atom. The summed E-state index contributed by atoms with van der Waals surface area (Å²) >= 11 is 6.03. The van der Waals surface area contributed by atoms with Crippen LogP contribution in [0, 0.1) is 5.82 Å². The lowest BCUT2D eigenvalue weighted by Gasteiger charge is -2.07. The first-order valence-electron chi connectivity index (χ1n) is 5.98. The second kappa shape index (κ2) is 5.05. The van der Waals surface area contributed by atoms with Crippen LogP contribution in [0.15, 0.2) is 30.7 Å². The van der Waals surface area contributed by atoms with Crippen molar-refractivity contribution in [3.05, 3.63) is 47.1 Å². The van der Waals surface area contributed by atoms with Crippen molar-refractivity contribution < 1.29 is 4.39 Å². The molecule has 3 rings (SSSR count). The molecule has 0 unspecified atom stereocenters. The summed E-state index contributed by atoms with van der Waals surface area (Å²) in [5.74, 6) is 0.324. The predicted octanol–water partition coefficient (Wildman–Crippen LogP) is 2.71. The van der Waals surface area contributed by atoms with Gasteiger partial charge in [-0.25, -0.2) is 19.0 Å². The van der Waals surface area contributed by atoms with Gasteiger partial charge in [0.05, 0.1) is 18.1 Å². The van der Waals surface area contributed by atoms with E-state index in [1.165, 1.54) is 12.4 Å². The van der Waals surface area contributed by atoms with Crippen LogP contribution in [-0.2, 0) is 6.54 Å². The number of benzene rings is 1. The number of fused-ring (bicyclic) bond motifs is 1. The molecule has 0 spiro atoms. The lowest BCUT2D eigenvalue weighted by atomic mass is 10.2. The van der Waals surface area contributed by atoms with Gasteiger partial charge in [-0.3, -0.25) is 0 Å². The van der Waals surface area contributed by atoms with Gasteiger partial charge in [0.2, 0.25) is 0 Å². The predicted molar refractivity (Wildman–Crippen MR) is 75.4 cm³/mol. The van der Waals surface area contributed by atoms with Gasteiger partial charge < -0.3 is 5.32 Å². The fraction of sp³-hybridized carbons (Fsp3) is 0.154. The minimum Gasteiger partial charge on any atom is -0.372 e. The summed E-state index contributed by atoms with van der Waals surface area (Å²) in [6, 6.07) is 4.60. The van der Waals surface area contributed by atoms with Gasteiger partial charge in [0, 0.05) is 17.6 Å². The highest BCUT2D eigenvalue weighted by molar-refractivity contribution is 6.31. The molecule has 0 saturated carbocycles. The maximum atomic E-state index is 13.8. The van der Waals surface area contributed by atoms with Crippen LogP contribution >= 0.6 is 11.6 Å².